The van der Waals surface area contributed by atoms with Crippen LogP contribution in [-0.4, -0.2) is 67.6 Å². The number of hydrogen-bond acceptors (Lipinski definition) is 3. The minimum Gasteiger partial charge on any atom is -0.356 e. The fraction of sp³-hybridized carbons (Fsp3) is 0.625. The summed E-state index contributed by atoms with van der Waals surface area (Å²) in [6, 6.07) is 2.62. The number of nitrogens with zero attached hydrogens (tertiary/aromatic N) is 4. The topological polar surface area (TPSA) is 47.0 Å². The Morgan fingerprint density at radius 2 is 2.05 bits per heavy atom. The maximum absolute atomic E-state index is 4.52. The van der Waals surface area contributed by atoms with Crippen LogP contribution in [0.4, 0.5) is 5.82 Å². The molecule has 1 aliphatic heterocycles. The van der Waals surface area contributed by atoms with Crippen molar-refractivity contribution in [2.45, 2.75) is 18.9 Å². The van der Waals surface area contributed by atoms with Gasteiger partial charge in [0.1, 0.15) is 11.7 Å². The molecule has 1 aromatic heterocycles. The van der Waals surface area contributed by atoms with Crippen LogP contribution in [0.25, 0.3) is 0 Å². The van der Waals surface area contributed by atoms with Crippen molar-refractivity contribution in [3.05, 3.63) is 17.8 Å². The monoisotopic (exact) mass is 287 g/mol. The van der Waals surface area contributed by atoms with E-state index in [1.54, 1.807) is 0 Å². The number of H-pyrrole nitrogens is 1. The SMILES string of the molecule is C=Nc1[nH]ccc1/C(=N\C)N(C)[C@H]1CC2CN(C)C[C@@H]2C1. The number of rotatable bonds is 3. The molecule has 2 fully saturated rings. The number of aromatic nitrogens is 1. The Balaban J connectivity index is 1.76. The molecule has 1 saturated carbocycles. The Hall–Kier alpha value is -1.62. The number of aromatic amines is 1. The molecule has 0 radical (unpaired) electrons. The molecule has 2 heterocycles. The number of fused-ring (bicyclic) bond motifs is 1. The van der Waals surface area contributed by atoms with Gasteiger partial charge < -0.3 is 14.8 Å². The Kier molecular flexibility index (Phi) is 3.85. The predicted molar refractivity (Wildman–Crippen MR) is 87.7 cm³/mol. The highest BCUT2D eigenvalue weighted by Gasteiger charge is 2.41. The van der Waals surface area contributed by atoms with E-state index >= 15 is 0 Å². The van der Waals surface area contributed by atoms with Gasteiger partial charge in [0.25, 0.3) is 0 Å². The second-order valence-electron chi connectivity index (χ2n) is 6.42. The molecule has 0 amide bonds. The van der Waals surface area contributed by atoms with Crippen molar-refractivity contribution in [2.75, 3.05) is 34.2 Å². The molecule has 3 atom stereocenters. The first-order chi connectivity index (χ1) is 10.1. The molecular weight excluding hydrogens is 262 g/mol. The van der Waals surface area contributed by atoms with Crippen LogP contribution in [0.5, 0.6) is 0 Å². The standard InChI is InChI=1S/C16H25N5/c1-17-15-14(5-6-19-15)16(18-2)21(4)13-7-11-9-20(3)10-12(11)8-13/h5-6,11-13,19H,1,7-10H2,2-4H3/b18-16+/t11-,12?,13+/m0/s1. The van der Waals surface area contributed by atoms with E-state index in [-0.39, 0.29) is 0 Å². The third kappa shape index (κ3) is 2.50. The van der Waals surface area contributed by atoms with Gasteiger partial charge in [-0.2, -0.15) is 0 Å². The molecule has 1 aliphatic carbocycles. The van der Waals surface area contributed by atoms with Gasteiger partial charge >= 0.3 is 0 Å². The van der Waals surface area contributed by atoms with Crippen LogP contribution < -0.4 is 0 Å². The molecule has 1 N–H and O–H groups in total. The van der Waals surface area contributed by atoms with E-state index in [9.17, 15) is 0 Å². The summed E-state index contributed by atoms with van der Waals surface area (Å²) >= 11 is 0. The molecule has 5 heteroatoms. The van der Waals surface area contributed by atoms with Crippen molar-refractivity contribution >= 4 is 18.4 Å². The fourth-order valence-electron chi connectivity index (χ4n) is 4.13. The van der Waals surface area contributed by atoms with Crippen molar-refractivity contribution in [1.82, 2.24) is 14.8 Å². The molecule has 1 saturated heterocycles. The normalized spacial score (nSPS) is 29.7. The van der Waals surface area contributed by atoms with Gasteiger partial charge in [-0.3, -0.25) is 4.99 Å². The largest absolute Gasteiger partial charge is 0.356 e. The van der Waals surface area contributed by atoms with Crippen LogP contribution in [0.2, 0.25) is 0 Å². The van der Waals surface area contributed by atoms with E-state index in [0.717, 1.165) is 29.1 Å². The van der Waals surface area contributed by atoms with Gasteiger partial charge in [0.05, 0.1) is 5.56 Å². The number of aliphatic imine (C=N–C) groups is 2. The molecule has 0 spiro atoms. The summed E-state index contributed by atoms with van der Waals surface area (Å²) in [6.07, 6.45) is 4.44. The zero-order chi connectivity index (χ0) is 15.0. The maximum Gasteiger partial charge on any atom is 0.140 e. The Bertz CT molecular complexity index is 533. The lowest BCUT2D eigenvalue weighted by Crippen LogP contribution is -2.37. The van der Waals surface area contributed by atoms with Gasteiger partial charge in [-0.1, -0.05) is 0 Å². The molecule has 3 rings (SSSR count). The highest BCUT2D eigenvalue weighted by molar-refractivity contribution is 6.02. The number of hydrogen-bond donors (Lipinski definition) is 1. The molecule has 114 valence electrons. The molecule has 5 nitrogen and oxygen atoms in total. The van der Waals surface area contributed by atoms with Crippen LogP contribution in [0.3, 0.4) is 0 Å². The lowest BCUT2D eigenvalue weighted by molar-refractivity contribution is 0.311. The molecule has 2 aliphatic rings. The third-order valence-electron chi connectivity index (χ3n) is 5.13. The fourth-order valence-corrected chi connectivity index (χ4v) is 4.13. The van der Waals surface area contributed by atoms with E-state index in [4.69, 9.17) is 0 Å². The summed E-state index contributed by atoms with van der Waals surface area (Å²) in [5, 5.41) is 0. The summed E-state index contributed by atoms with van der Waals surface area (Å²) in [5.74, 6) is 3.52. The van der Waals surface area contributed by atoms with Crippen LogP contribution in [-0.2, 0) is 0 Å². The summed E-state index contributed by atoms with van der Waals surface area (Å²) < 4.78 is 0. The van der Waals surface area contributed by atoms with Crippen LogP contribution in [0.15, 0.2) is 22.2 Å². The summed E-state index contributed by atoms with van der Waals surface area (Å²) in [5.41, 5.74) is 1.05. The summed E-state index contributed by atoms with van der Waals surface area (Å²) in [4.78, 5) is 16.5. The summed E-state index contributed by atoms with van der Waals surface area (Å²) in [7, 11) is 6.25. The van der Waals surface area contributed by atoms with Crippen molar-refractivity contribution in [3.63, 3.8) is 0 Å². The lowest BCUT2D eigenvalue weighted by atomic mass is 10.0. The van der Waals surface area contributed by atoms with Crippen LogP contribution in [0, 0.1) is 11.8 Å². The highest BCUT2D eigenvalue weighted by Crippen LogP contribution is 2.39. The van der Waals surface area contributed by atoms with E-state index < -0.39 is 0 Å². The summed E-state index contributed by atoms with van der Waals surface area (Å²) in [6.45, 7) is 6.13. The molecule has 0 bridgehead atoms. The number of likely N-dealkylation sites (tertiary alicyclic amines) is 1. The molecule has 0 aromatic carbocycles. The maximum atomic E-state index is 4.52. The first-order valence-electron chi connectivity index (χ1n) is 7.66. The highest BCUT2D eigenvalue weighted by atomic mass is 15.2. The van der Waals surface area contributed by atoms with Gasteiger partial charge in [-0.05, 0) is 44.5 Å². The van der Waals surface area contributed by atoms with Crippen LogP contribution in [0.1, 0.15) is 18.4 Å². The second kappa shape index (κ2) is 5.64. The zero-order valence-electron chi connectivity index (χ0n) is 13.2. The van der Waals surface area contributed by atoms with Gasteiger partial charge in [0, 0.05) is 39.4 Å². The van der Waals surface area contributed by atoms with Crippen molar-refractivity contribution < 1.29 is 0 Å². The van der Waals surface area contributed by atoms with Gasteiger partial charge in [-0.15, -0.1) is 0 Å². The molecule has 1 aromatic rings. The van der Waals surface area contributed by atoms with E-state index in [1.165, 1.54) is 25.9 Å². The van der Waals surface area contributed by atoms with Crippen molar-refractivity contribution in [2.24, 2.45) is 21.8 Å². The van der Waals surface area contributed by atoms with Crippen LogP contribution >= 0.6 is 0 Å². The third-order valence-corrected chi connectivity index (χ3v) is 5.13. The average molecular weight is 287 g/mol. The first kappa shape index (κ1) is 14.3. The van der Waals surface area contributed by atoms with E-state index in [1.807, 2.05) is 19.3 Å². The predicted octanol–water partition coefficient (Wildman–Crippen LogP) is 2.00. The zero-order valence-corrected chi connectivity index (χ0v) is 13.2. The molecule has 21 heavy (non-hydrogen) atoms. The number of nitrogens with one attached hydrogen (secondary N) is 1. The average Bonchev–Trinajstić information content (AvgIpc) is 3.13. The number of amidine groups is 1. The Labute approximate surface area is 126 Å². The van der Waals surface area contributed by atoms with E-state index in [2.05, 4.69) is 45.6 Å². The van der Waals surface area contributed by atoms with Crippen molar-refractivity contribution in [1.29, 1.82) is 0 Å². The van der Waals surface area contributed by atoms with Gasteiger partial charge in [0.2, 0.25) is 0 Å². The minimum atomic E-state index is 0.583. The Morgan fingerprint density at radius 3 is 2.62 bits per heavy atom. The Morgan fingerprint density at radius 1 is 1.38 bits per heavy atom. The quantitative estimate of drug-likeness (QED) is 0.683. The lowest BCUT2D eigenvalue weighted by Gasteiger charge is -2.29. The smallest absolute Gasteiger partial charge is 0.140 e. The molecule has 1 unspecified atom stereocenters. The minimum absolute atomic E-state index is 0.583. The van der Waals surface area contributed by atoms with Crippen molar-refractivity contribution in [3.8, 4) is 0 Å². The first-order valence-corrected chi connectivity index (χ1v) is 7.66. The molecular formula is C16H25N5. The van der Waals surface area contributed by atoms with E-state index in [0.29, 0.717) is 6.04 Å². The van der Waals surface area contributed by atoms with Gasteiger partial charge in [-0.25, -0.2) is 4.99 Å². The second-order valence-corrected chi connectivity index (χ2v) is 6.42. The van der Waals surface area contributed by atoms with Gasteiger partial charge in [0.15, 0.2) is 0 Å².